The molecule has 2 aromatic rings. The first-order valence-electron chi connectivity index (χ1n) is 8.67. The van der Waals surface area contributed by atoms with Crippen molar-refractivity contribution in [2.75, 3.05) is 6.54 Å². The van der Waals surface area contributed by atoms with Crippen LogP contribution in [0.4, 0.5) is 5.69 Å². The standard InChI is InChI=1S/C19H19ClN4O5/c1-2-9-21-18(25)19(26)23-22-11-14-10-15(20)5-8-17(14)29-12-13-3-6-16(7-4-13)24(27)28/h3-8,10-11H,2,9,12H2,1H3,(H,21,25)(H,23,26)/b22-11-. The van der Waals surface area contributed by atoms with Crippen molar-refractivity contribution in [3.05, 3.63) is 68.7 Å². The van der Waals surface area contributed by atoms with E-state index in [4.69, 9.17) is 16.3 Å². The maximum Gasteiger partial charge on any atom is 0.329 e. The van der Waals surface area contributed by atoms with E-state index in [1.54, 1.807) is 30.3 Å². The van der Waals surface area contributed by atoms with Gasteiger partial charge in [-0.15, -0.1) is 0 Å². The molecule has 0 spiro atoms. The average molecular weight is 419 g/mol. The Labute approximate surface area is 171 Å². The van der Waals surface area contributed by atoms with E-state index >= 15 is 0 Å². The fourth-order valence-corrected chi connectivity index (χ4v) is 2.34. The highest BCUT2D eigenvalue weighted by Gasteiger charge is 2.11. The van der Waals surface area contributed by atoms with Gasteiger partial charge in [0.15, 0.2) is 0 Å². The monoisotopic (exact) mass is 418 g/mol. The van der Waals surface area contributed by atoms with E-state index in [1.807, 2.05) is 6.92 Å². The van der Waals surface area contributed by atoms with Crippen molar-refractivity contribution in [1.82, 2.24) is 10.7 Å². The van der Waals surface area contributed by atoms with Crippen LogP contribution in [0.2, 0.25) is 5.02 Å². The molecule has 2 N–H and O–H groups in total. The van der Waals surface area contributed by atoms with Gasteiger partial charge < -0.3 is 10.1 Å². The number of rotatable bonds is 8. The number of hydrogen-bond acceptors (Lipinski definition) is 6. The number of non-ortho nitro benzene ring substituents is 1. The molecule has 2 amide bonds. The molecule has 0 bridgehead atoms. The van der Waals surface area contributed by atoms with Crippen molar-refractivity contribution in [2.45, 2.75) is 20.0 Å². The van der Waals surface area contributed by atoms with Crippen molar-refractivity contribution in [3.8, 4) is 5.75 Å². The van der Waals surface area contributed by atoms with Gasteiger partial charge in [-0.3, -0.25) is 19.7 Å². The minimum atomic E-state index is -0.884. The molecule has 0 heterocycles. The molecule has 0 radical (unpaired) electrons. The molecule has 0 aromatic heterocycles. The van der Waals surface area contributed by atoms with E-state index in [0.717, 1.165) is 5.56 Å². The Balaban J connectivity index is 2.02. The van der Waals surface area contributed by atoms with Crippen LogP contribution >= 0.6 is 11.6 Å². The first kappa shape index (κ1) is 21.8. The lowest BCUT2D eigenvalue weighted by atomic mass is 10.2. The smallest absolute Gasteiger partial charge is 0.329 e. The van der Waals surface area contributed by atoms with Crippen molar-refractivity contribution in [2.24, 2.45) is 5.10 Å². The van der Waals surface area contributed by atoms with E-state index in [-0.39, 0.29) is 12.3 Å². The number of nitrogens with one attached hydrogen (secondary N) is 2. The summed E-state index contributed by atoms with van der Waals surface area (Å²) in [6.07, 6.45) is 2.02. The maximum absolute atomic E-state index is 11.6. The van der Waals surface area contributed by atoms with Crippen LogP contribution in [0.25, 0.3) is 0 Å². The Hall–Kier alpha value is -3.46. The van der Waals surface area contributed by atoms with E-state index in [2.05, 4.69) is 15.8 Å². The molecule has 0 saturated carbocycles. The zero-order valence-corrected chi connectivity index (χ0v) is 16.3. The number of amides is 2. The number of hydrogen-bond donors (Lipinski definition) is 2. The quantitative estimate of drug-likeness (QED) is 0.295. The van der Waals surface area contributed by atoms with Crippen LogP contribution in [0.5, 0.6) is 5.75 Å². The lowest BCUT2D eigenvalue weighted by Gasteiger charge is -2.09. The normalized spacial score (nSPS) is 10.6. The third kappa shape index (κ3) is 6.89. The van der Waals surface area contributed by atoms with Gasteiger partial charge in [0.25, 0.3) is 5.69 Å². The van der Waals surface area contributed by atoms with Crippen molar-refractivity contribution >= 4 is 35.3 Å². The second-order valence-electron chi connectivity index (χ2n) is 5.85. The third-order valence-electron chi connectivity index (χ3n) is 3.62. The summed E-state index contributed by atoms with van der Waals surface area (Å²) in [6.45, 7) is 2.42. The number of hydrazone groups is 1. The van der Waals surface area contributed by atoms with Crippen LogP contribution in [0.15, 0.2) is 47.6 Å². The number of carbonyl (C=O) groups is 2. The highest BCUT2D eigenvalue weighted by Crippen LogP contribution is 2.23. The Morgan fingerprint density at radius 1 is 1.21 bits per heavy atom. The van der Waals surface area contributed by atoms with Gasteiger partial charge in [0, 0.05) is 29.3 Å². The van der Waals surface area contributed by atoms with Crippen LogP contribution in [-0.4, -0.2) is 29.5 Å². The summed E-state index contributed by atoms with van der Waals surface area (Å²) in [6, 6.07) is 10.8. The molecule has 10 heteroatoms. The van der Waals surface area contributed by atoms with E-state index in [0.29, 0.717) is 29.3 Å². The number of nitro benzene ring substituents is 1. The lowest BCUT2D eigenvalue weighted by molar-refractivity contribution is -0.384. The van der Waals surface area contributed by atoms with Crippen LogP contribution in [-0.2, 0) is 16.2 Å². The van der Waals surface area contributed by atoms with Gasteiger partial charge in [0.2, 0.25) is 0 Å². The Morgan fingerprint density at radius 3 is 2.59 bits per heavy atom. The molecule has 2 rings (SSSR count). The van der Waals surface area contributed by atoms with E-state index in [1.165, 1.54) is 18.3 Å². The highest BCUT2D eigenvalue weighted by molar-refractivity contribution is 6.35. The Bertz CT molecular complexity index is 915. The van der Waals surface area contributed by atoms with Crippen LogP contribution < -0.4 is 15.5 Å². The second kappa shape index (κ2) is 10.8. The molecule has 0 unspecified atom stereocenters. The zero-order chi connectivity index (χ0) is 21.2. The number of ether oxygens (including phenoxy) is 1. The Kier molecular flexibility index (Phi) is 8.11. The van der Waals surface area contributed by atoms with Gasteiger partial charge in [-0.25, -0.2) is 5.43 Å². The molecule has 29 heavy (non-hydrogen) atoms. The molecule has 2 aromatic carbocycles. The zero-order valence-electron chi connectivity index (χ0n) is 15.6. The second-order valence-corrected chi connectivity index (χ2v) is 6.29. The summed E-state index contributed by atoms with van der Waals surface area (Å²) in [5, 5.41) is 17.3. The first-order chi connectivity index (χ1) is 13.9. The fraction of sp³-hybridized carbons (Fsp3) is 0.211. The van der Waals surface area contributed by atoms with Gasteiger partial charge in [-0.05, 0) is 42.3 Å². The number of carbonyl (C=O) groups excluding carboxylic acids is 2. The van der Waals surface area contributed by atoms with E-state index < -0.39 is 16.7 Å². The molecule has 0 aliphatic rings. The minimum Gasteiger partial charge on any atom is -0.488 e. The van der Waals surface area contributed by atoms with Gasteiger partial charge in [0.1, 0.15) is 12.4 Å². The van der Waals surface area contributed by atoms with Crippen molar-refractivity contribution < 1.29 is 19.2 Å². The lowest BCUT2D eigenvalue weighted by Crippen LogP contribution is -2.38. The topological polar surface area (TPSA) is 123 Å². The number of benzene rings is 2. The largest absolute Gasteiger partial charge is 0.488 e. The van der Waals surface area contributed by atoms with Gasteiger partial charge in [-0.1, -0.05) is 18.5 Å². The Morgan fingerprint density at radius 2 is 1.93 bits per heavy atom. The summed E-state index contributed by atoms with van der Waals surface area (Å²) in [7, 11) is 0. The molecule has 0 atom stereocenters. The number of nitrogens with zero attached hydrogens (tertiary/aromatic N) is 2. The van der Waals surface area contributed by atoms with Crippen molar-refractivity contribution in [3.63, 3.8) is 0 Å². The molecule has 0 aliphatic carbocycles. The summed E-state index contributed by atoms with van der Waals surface area (Å²) in [5.74, 6) is -1.23. The van der Waals surface area contributed by atoms with Crippen LogP contribution in [0.1, 0.15) is 24.5 Å². The summed E-state index contributed by atoms with van der Waals surface area (Å²) in [4.78, 5) is 33.4. The predicted octanol–water partition coefficient (Wildman–Crippen LogP) is 2.80. The molecule has 0 saturated heterocycles. The number of halogens is 1. The SMILES string of the molecule is CCCNC(=O)C(=O)N/N=C\c1cc(Cl)ccc1OCc1ccc([N+](=O)[O-])cc1. The van der Waals surface area contributed by atoms with Crippen molar-refractivity contribution in [1.29, 1.82) is 0 Å². The fourth-order valence-electron chi connectivity index (χ4n) is 2.16. The first-order valence-corrected chi connectivity index (χ1v) is 9.05. The minimum absolute atomic E-state index is 0.00761. The molecule has 0 fully saturated rings. The number of nitro groups is 1. The van der Waals surface area contributed by atoms with E-state index in [9.17, 15) is 19.7 Å². The van der Waals surface area contributed by atoms with Gasteiger partial charge >= 0.3 is 11.8 Å². The molecular weight excluding hydrogens is 400 g/mol. The molecule has 9 nitrogen and oxygen atoms in total. The average Bonchev–Trinajstić information content (AvgIpc) is 2.71. The summed E-state index contributed by atoms with van der Waals surface area (Å²) < 4.78 is 5.72. The maximum atomic E-state index is 11.6. The van der Waals surface area contributed by atoms with Crippen LogP contribution in [0, 0.1) is 10.1 Å². The predicted molar refractivity (Wildman–Crippen MR) is 108 cm³/mol. The molecule has 152 valence electrons. The summed E-state index contributed by atoms with van der Waals surface area (Å²) >= 11 is 6.00. The summed E-state index contributed by atoms with van der Waals surface area (Å²) in [5.41, 5.74) is 3.34. The molecule has 0 aliphatic heterocycles. The molecular formula is C19H19ClN4O5. The highest BCUT2D eigenvalue weighted by atomic mass is 35.5. The van der Waals surface area contributed by atoms with Gasteiger partial charge in [-0.2, -0.15) is 5.10 Å². The van der Waals surface area contributed by atoms with Crippen LogP contribution in [0.3, 0.4) is 0 Å². The van der Waals surface area contributed by atoms with Gasteiger partial charge in [0.05, 0.1) is 11.1 Å². The third-order valence-corrected chi connectivity index (χ3v) is 3.86.